The second-order valence-electron chi connectivity index (χ2n) is 7.55. The molecule has 4 aromatic rings. The Morgan fingerprint density at radius 1 is 1.05 bits per heavy atom. The molecule has 0 bridgehead atoms. The maximum absolute atomic E-state index is 15.2. The number of alkyl halides is 5. The summed E-state index contributed by atoms with van der Waals surface area (Å²) in [5.41, 5.74) is -2.87. The first-order valence-electron chi connectivity index (χ1n) is 10.4. The number of nitrogens with zero attached hydrogens (tertiary/aromatic N) is 3. The Kier molecular flexibility index (Phi) is 6.87. The smallest absolute Gasteiger partial charge is 0.434 e. The maximum atomic E-state index is 15.2. The van der Waals surface area contributed by atoms with E-state index in [2.05, 4.69) is 32.6 Å². The molecule has 6 nitrogen and oxygen atoms in total. The first-order valence-corrected chi connectivity index (χ1v) is 11.2. The maximum Gasteiger partial charge on any atom is 0.434 e. The first kappa shape index (κ1) is 26.0. The van der Waals surface area contributed by atoms with Gasteiger partial charge in [-0.25, -0.2) is 14.5 Å². The van der Waals surface area contributed by atoms with Gasteiger partial charge in [-0.1, -0.05) is 46.8 Å². The van der Waals surface area contributed by atoms with Crippen molar-refractivity contribution in [3.8, 4) is 22.8 Å². The zero-order chi connectivity index (χ0) is 27.0. The van der Waals surface area contributed by atoms with Gasteiger partial charge in [-0.15, -0.1) is 0 Å². The number of para-hydroxylation sites is 1. The third kappa shape index (κ3) is 5.24. The van der Waals surface area contributed by atoms with E-state index in [0.29, 0.717) is 15.4 Å². The highest BCUT2D eigenvalue weighted by molar-refractivity contribution is 9.10. The molecule has 2 aromatic heterocycles. The molecule has 0 unspecified atom stereocenters. The quantitative estimate of drug-likeness (QED) is 0.234. The van der Waals surface area contributed by atoms with Crippen molar-refractivity contribution in [1.82, 2.24) is 14.8 Å². The molecule has 0 aliphatic rings. The van der Waals surface area contributed by atoms with E-state index in [9.17, 15) is 18.0 Å². The van der Waals surface area contributed by atoms with Gasteiger partial charge in [0.05, 0.1) is 17.5 Å². The average molecular weight is 580 g/mol. The van der Waals surface area contributed by atoms with Crippen LogP contribution in [0.3, 0.4) is 0 Å². The molecule has 0 amide bonds. The minimum Gasteiger partial charge on any atom is -0.478 e. The van der Waals surface area contributed by atoms with Gasteiger partial charge in [-0.3, -0.25) is 0 Å². The lowest BCUT2D eigenvalue weighted by molar-refractivity contribution is -0.185. The van der Waals surface area contributed by atoms with Gasteiger partial charge in [-0.2, -0.15) is 27.1 Å². The van der Waals surface area contributed by atoms with Crippen LogP contribution in [0.4, 0.5) is 22.0 Å². The van der Waals surface area contributed by atoms with Gasteiger partial charge in [-0.05, 0) is 48.0 Å². The van der Waals surface area contributed by atoms with Crippen LogP contribution in [-0.2, 0) is 12.3 Å². The van der Waals surface area contributed by atoms with Gasteiger partial charge in [0.25, 0.3) is 0 Å². The van der Waals surface area contributed by atoms with E-state index in [1.54, 1.807) is 0 Å². The summed E-state index contributed by atoms with van der Waals surface area (Å²) in [6, 6.07) is 13.6. The van der Waals surface area contributed by atoms with E-state index in [1.165, 1.54) is 66.7 Å². The molecule has 0 saturated heterocycles. The number of carboxylic acid groups (broad SMARTS) is 1. The summed E-state index contributed by atoms with van der Waals surface area (Å²) in [6.45, 7) is 3.55. The van der Waals surface area contributed by atoms with Crippen LogP contribution in [0.25, 0.3) is 23.2 Å². The number of aromatic carboxylic acids is 1. The Morgan fingerprint density at radius 2 is 1.78 bits per heavy atom. The van der Waals surface area contributed by atoms with Crippen molar-refractivity contribution in [2.45, 2.75) is 12.3 Å². The number of hydrogen-bond donors (Lipinski definition) is 1. The molecule has 0 atom stereocenters. The lowest BCUT2D eigenvalue weighted by Crippen LogP contribution is -2.23. The summed E-state index contributed by atoms with van der Waals surface area (Å²) in [5.74, 6) is -2.49. The molecular weight excluding hydrogens is 565 g/mol. The Morgan fingerprint density at radius 3 is 2.46 bits per heavy atom. The minimum atomic E-state index is -5.06. The zero-order valence-corrected chi connectivity index (χ0v) is 20.1. The Bertz CT molecular complexity index is 1500. The molecule has 12 heteroatoms. The third-order valence-corrected chi connectivity index (χ3v) is 5.66. The van der Waals surface area contributed by atoms with Crippen LogP contribution in [0.2, 0.25) is 0 Å². The first-order chi connectivity index (χ1) is 17.4. The second kappa shape index (κ2) is 9.77. The standard InChI is InChI=1S/C25H15BrF5N3O3/c1-2-14-12-15(26)10-11-18(14)25(30,31)37-20-8-4-3-6-16(20)19-7-5-9-21(33-19)34-22(24(27,28)29)17(13-32-34)23(35)36/h2-13H,1H2,(H,35,36). The number of hydrogen-bond acceptors (Lipinski definition) is 4. The molecule has 4 rings (SSSR count). The molecule has 0 aliphatic carbocycles. The Labute approximate surface area is 214 Å². The summed E-state index contributed by atoms with van der Waals surface area (Å²) < 4.78 is 77.4. The van der Waals surface area contributed by atoms with E-state index in [1.807, 2.05) is 0 Å². The highest BCUT2D eigenvalue weighted by Crippen LogP contribution is 2.39. The third-order valence-electron chi connectivity index (χ3n) is 5.17. The summed E-state index contributed by atoms with van der Waals surface area (Å²) in [4.78, 5) is 15.4. The largest absolute Gasteiger partial charge is 0.478 e. The van der Waals surface area contributed by atoms with E-state index in [-0.39, 0.29) is 28.4 Å². The SMILES string of the molecule is C=Cc1cc(Br)ccc1C(F)(F)Oc1ccccc1-c1cccc(-n2ncc(C(=O)O)c2C(F)(F)F)n1. The number of carboxylic acids is 1. The van der Waals surface area contributed by atoms with Gasteiger partial charge in [0.1, 0.15) is 11.3 Å². The second-order valence-corrected chi connectivity index (χ2v) is 8.47. The average Bonchev–Trinajstić information content (AvgIpc) is 3.30. The molecule has 0 fully saturated rings. The van der Waals surface area contributed by atoms with Crippen LogP contribution in [0.15, 0.2) is 77.9 Å². The van der Waals surface area contributed by atoms with Crippen molar-refractivity contribution in [2.75, 3.05) is 0 Å². The normalized spacial score (nSPS) is 11.8. The van der Waals surface area contributed by atoms with Gasteiger partial charge in [0.15, 0.2) is 11.5 Å². The highest BCUT2D eigenvalue weighted by atomic mass is 79.9. The summed E-state index contributed by atoms with van der Waals surface area (Å²) in [6.07, 6.45) is -7.05. The van der Waals surface area contributed by atoms with E-state index in [0.717, 1.165) is 0 Å². The highest BCUT2D eigenvalue weighted by Gasteiger charge is 2.41. The van der Waals surface area contributed by atoms with Crippen LogP contribution < -0.4 is 4.74 Å². The molecule has 0 saturated carbocycles. The number of ether oxygens (including phenoxy) is 1. The van der Waals surface area contributed by atoms with Crippen molar-refractivity contribution in [2.24, 2.45) is 0 Å². The molecule has 0 spiro atoms. The molecule has 2 aromatic carbocycles. The number of benzene rings is 2. The molecule has 0 aliphatic heterocycles. The van der Waals surface area contributed by atoms with Crippen molar-refractivity contribution in [1.29, 1.82) is 0 Å². The van der Waals surface area contributed by atoms with E-state index in [4.69, 9.17) is 9.84 Å². The fraction of sp³-hybridized carbons (Fsp3) is 0.0800. The molecule has 0 radical (unpaired) electrons. The number of aromatic nitrogens is 3. The number of carbonyl (C=O) groups is 1. The molecular formula is C25H15BrF5N3O3. The van der Waals surface area contributed by atoms with Gasteiger partial charge in [0.2, 0.25) is 0 Å². The summed E-state index contributed by atoms with van der Waals surface area (Å²) in [7, 11) is 0. The van der Waals surface area contributed by atoms with Crippen molar-refractivity contribution < 1.29 is 36.6 Å². The number of pyridine rings is 1. The summed E-state index contributed by atoms with van der Waals surface area (Å²) in [5, 5.41) is 12.7. The van der Waals surface area contributed by atoms with Gasteiger partial charge in [0, 0.05) is 10.0 Å². The molecule has 1 N–H and O–H groups in total. The topological polar surface area (TPSA) is 77.2 Å². The molecule has 190 valence electrons. The molecule has 2 heterocycles. The molecule has 37 heavy (non-hydrogen) atoms. The predicted octanol–water partition coefficient (Wildman–Crippen LogP) is 7.19. The fourth-order valence-electron chi connectivity index (χ4n) is 3.57. The minimum absolute atomic E-state index is 0.0100. The lowest BCUT2D eigenvalue weighted by atomic mass is 10.1. The lowest BCUT2D eigenvalue weighted by Gasteiger charge is -2.22. The van der Waals surface area contributed by atoms with E-state index < -0.39 is 35.1 Å². The van der Waals surface area contributed by atoms with Crippen molar-refractivity contribution in [3.05, 3.63) is 100 Å². The van der Waals surface area contributed by atoms with Crippen LogP contribution in [-0.4, -0.2) is 25.8 Å². The number of halogens is 6. The van der Waals surface area contributed by atoms with Crippen LogP contribution in [0, 0.1) is 0 Å². The van der Waals surface area contributed by atoms with Gasteiger partial charge >= 0.3 is 18.3 Å². The Hall–Kier alpha value is -4.06. The van der Waals surface area contributed by atoms with Crippen molar-refractivity contribution >= 4 is 28.0 Å². The Balaban J connectivity index is 1.78. The van der Waals surface area contributed by atoms with Crippen LogP contribution >= 0.6 is 15.9 Å². The monoisotopic (exact) mass is 579 g/mol. The van der Waals surface area contributed by atoms with Crippen LogP contribution in [0.5, 0.6) is 5.75 Å². The van der Waals surface area contributed by atoms with Gasteiger partial charge < -0.3 is 9.84 Å². The van der Waals surface area contributed by atoms with E-state index >= 15 is 8.78 Å². The van der Waals surface area contributed by atoms with Crippen LogP contribution in [0.1, 0.15) is 27.2 Å². The summed E-state index contributed by atoms with van der Waals surface area (Å²) >= 11 is 3.21. The zero-order valence-electron chi connectivity index (χ0n) is 18.5. The predicted molar refractivity (Wildman–Crippen MR) is 128 cm³/mol. The fourth-order valence-corrected chi connectivity index (χ4v) is 3.95. The van der Waals surface area contributed by atoms with Crippen molar-refractivity contribution in [3.63, 3.8) is 0 Å². The number of rotatable bonds is 7.